The highest BCUT2D eigenvalue weighted by molar-refractivity contribution is 5.78. The summed E-state index contributed by atoms with van der Waals surface area (Å²) < 4.78 is 5.31. The van der Waals surface area contributed by atoms with Crippen LogP contribution in [-0.2, 0) is 16.6 Å². The lowest BCUT2D eigenvalue weighted by atomic mass is 9.96. The highest BCUT2D eigenvalue weighted by atomic mass is 16.5. The van der Waals surface area contributed by atoms with Gasteiger partial charge in [-0.05, 0) is 25.0 Å². The Bertz CT molecular complexity index is 920. The maximum Gasteiger partial charge on any atom is 0.227 e. The Morgan fingerprint density at radius 3 is 2.85 bits per heavy atom. The first-order valence-corrected chi connectivity index (χ1v) is 9.49. The van der Waals surface area contributed by atoms with E-state index in [2.05, 4.69) is 20.1 Å². The van der Waals surface area contributed by atoms with Gasteiger partial charge in [-0.25, -0.2) is 4.98 Å². The molecule has 1 atom stereocenters. The van der Waals surface area contributed by atoms with Gasteiger partial charge >= 0.3 is 0 Å². The summed E-state index contributed by atoms with van der Waals surface area (Å²) in [6.45, 7) is 6.87. The molecule has 1 amide bonds. The van der Waals surface area contributed by atoms with E-state index in [-0.39, 0.29) is 17.4 Å². The smallest absolute Gasteiger partial charge is 0.227 e. The third kappa shape index (κ3) is 3.59. The van der Waals surface area contributed by atoms with Crippen molar-refractivity contribution in [2.75, 3.05) is 6.54 Å². The number of benzene rings is 1. The van der Waals surface area contributed by atoms with Crippen molar-refractivity contribution in [2.45, 2.75) is 57.9 Å². The molecule has 1 N–H and O–H groups in total. The van der Waals surface area contributed by atoms with E-state index >= 15 is 0 Å². The molecule has 1 aliphatic heterocycles. The van der Waals surface area contributed by atoms with Crippen LogP contribution in [0.1, 0.15) is 63.6 Å². The minimum absolute atomic E-state index is 0.0118. The molecule has 2 aromatic heterocycles. The lowest BCUT2D eigenvalue weighted by Crippen LogP contribution is -2.31. The summed E-state index contributed by atoms with van der Waals surface area (Å²) in [6, 6.07) is 7.96. The first kappa shape index (κ1) is 17.7. The zero-order valence-corrected chi connectivity index (χ0v) is 16.0. The number of H-pyrrole nitrogens is 1. The number of rotatable bonds is 4. The third-order valence-electron chi connectivity index (χ3n) is 4.99. The molecule has 4 rings (SSSR count). The molecule has 7 heteroatoms. The number of fused-ring (bicyclic) bond motifs is 1. The molecule has 3 heterocycles. The van der Waals surface area contributed by atoms with Gasteiger partial charge in [0.25, 0.3) is 0 Å². The number of hydrogen-bond acceptors (Lipinski definition) is 5. The van der Waals surface area contributed by atoms with Crippen LogP contribution in [0.3, 0.4) is 0 Å². The van der Waals surface area contributed by atoms with Crippen LogP contribution in [0.15, 0.2) is 28.8 Å². The van der Waals surface area contributed by atoms with Gasteiger partial charge in [0.05, 0.1) is 17.1 Å². The molecule has 1 aliphatic rings. The number of likely N-dealkylation sites (tertiary alicyclic amines) is 1. The van der Waals surface area contributed by atoms with Gasteiger partial charge in [0.1, 0.15) is 5.82 Å². The van der Waals surface area contributed by atoms with Crippen molar-refractivity contribution in [3.05, 3.63) is 41.8 Å². The van der Waals surface area contributed by atoms with E-state index < -0.39 is 0 Å². The number of aryl methyl sites for hydroxylation is 1. The molecule has 0 saturated carbocycles. The predicted octanol–water partition coefficient (Wildman–Crippen LogP) is 3.54. The molecule has 1 saturated heterocycles. The van der Waals surface area contributed by atoms with E-state index in [1.165, 1.54) is 0 Å². The second-order valence-electron chi connectivity index (χ2n) is 8.15. The maximum atomic E-state index is 12.8. The molecule has 1 unspecified atom stereocenters. The van der Waals surface area contributed by atoms with Gasteiger partial charge in [0, 0.05) is 24.8 Å². The van der Waals surface area contributed by atoms with Crippen LogP contribution >= 0.6 is 0 Å². The van der Waals surface area contributed by atoms with E-state index in [4.69, 9.17) is 4.52 Å². The van der Waals surface area contributed by atoms with E-state index in [1.807, 2.05) is 49.9 Å². The maximum absolute atomic E-state index is 12.8. The SMILES string of the molecule is CC(C)(C)c1noc(CCC(=O)N2CCCC2c2nc3ccccc3[nH]2)n1. The average molecular weight is 367 g/mol. The van der Waals surface area contributed by atoms with Crippen LogP contribution in [0.5, 0.6) is 0 Å². The lowest BCUT2D eigenvalue weighted by molar-refractivity contribution is -0.132. The van der Waals surface area contributed by atoms with Crippen molar-refractivity contribution in [1.82, 2.24) is 25.0 Å². The number of amides is 1. The Labute approximate surface area is 158 Å². The number of nitrogens with zero attached hydrogens (tertiary/aromatic N) is 4. The number of imidazole rings is 1. The van der Waals surface area contributed by atoms with E-state index in [9.17, 15) is 4.79 Å². The van der Waals surface area contributed by atoms with Crippen molar-refractivity contribution >= 4 is 16.9 Å². The van der Waals surface area contributed by atoms with E-state index in [1.54, 1.807) is 0 Å². The molecule has 7 nitrogen and oxygen atoms in total. The fraction of sp³-hybridized carbons (Fsp3) is 0.500. The average Bonchev–Trinajstić information content (AvgIpc) is 3.36. The fourth-order valence-electron chi connectivity index (χ4n) is 3.50. The summed E-state index contributed by atoms with van der Waals surface area (Å²) in [4.78, 5) is 27.2. The zero-order valence-electron chi connectivity index (χ0n) is 16.0. The number of para-hydroxylation sites is 2. The Kier molecular flexibility index (Phi) is 4.45. The van der Waals surface area contributed by atoms with Crippen molar-refractivity contribution in [3.8, 4) is 0 Å². The van der Waals surface area contributed by atoms with Crippen LogP contribution in [0.25, 0.3) is 11.0 Å². The monoisotopic (exact) mass is 367 g/mol. The molecule has 0 radical (unpaired) electrons. The van der Waals surface area contributed by atoms with Crippen molar-refractivity contribution in [3.63, 3.8) is 0 Å². The van der Waals surface area contributed by atoms with Gasteiger partial charge in [0.15, 0.2) is 5.82 Å². The van der Waals surface area contributed by atoms with Gasteiger partial charge in [-0.3, -0.25) is 4.79 Å². The molecule has 1 fully saturated rings. The number of carbonyl (C=O) groups excluding carboxylic acids is 1. The first-order valence-electron chi connectivity index (χ1n) is 9.49. The zero-order chi connectivity index (χ0) is 19.0. The minimum atomic E-state index is -0.160. The normalized spacial score (nSPS) is 17.7. The van der Waals surface area contributed by atoms with Gasteiger partial charge in [-0.15, -0.1) is 0 Å². The standard InChI is InChI=1S/C20H25N5O2/c1-20(2,3)19-23-16(27-24-19)10-11-17(26)25-12-6-9-15(25)18-21-13-7-4-5-8-14(13)22-18/h4-5,7-8,15H,6,9-12H2,1-3H3,(H,21,22). The van der Waals surface area contributed by atoms with Crippen LogP contribution in [0.2, 0.25) is 0 Å². The Morgan fingerprint density at radius 1 is 1.30 bits per heavy atom. The lowest BCUT2D eigenvalue weighted by Gasteiger charge is -2.23. The largest absolute Gasteiger partial charge is 0.340 e. The second kappa shape index (κ2) is 6.79. The van der Waals surface area contributed by atoms with Crippen LogP contribution < -0.4 is 0 Å². The summed E-state index contributed by atoms with van der Waals surface area (Å²) in [5, 5.41) is 4.02. The molecular weight excluding hydrogens is 342 g/mol. The second-order valence-corrected chi connectivity index (χ2v) is 8.15. The predicted molar refractivity (Wildman–Crippen MR) is 101 cm³/mol. The highest BCUT2D eigenvalue weighted by Gasteiger charge is 2.32. The summed E-state index contributed by atoms with van der Waals surface area (Å²) >= 11 is 0. The number of aromatic nitrogens is 4. The Morgan fingerprint density at radius 2 is 2.11 bits per heavy atom. The summed E-state index contributed by atoms with van der Waals surface area (Å²) in [5.41, 5.74) is 1.78. The van der Waals surface area contributed by atoms with Crippen molar-refractivity contribution in [1.29, 1.82) is 0 Å². The third-order valence-corrected chi connectivity index (χ3v) is 4.99. The minimum Gasteiger partial charge on any atom is -0.340 e. The number of carbonyl (C=O) groups is 1. The van der Waals surface area contributed by atoms with Crippen LogP contribution in [0, 0.1) is 0 Å². The molecular formula is C20H25N5O2. The quantitative estimate of drug-likeness (QED) is 0.762. The van der Waals surface area contributed by atoms with E-state index in [0.29, 0.717) is 24.6 Å². The topological polar surface area (TPSA) is 87.9 Å². The molecule has 142 valence electrons. The summed E-state index contributed by atoms with van der Waals surface area (Å²) in [5.74, 6) is 2.17. The van der Waals surface area contributed by atoms with Crippen LogP contribution in [0.4, 0.5) is 0 Å². The Hall–Kier alpha value is -2.70. The summed E-state index contributed by atoms with van der Waals surface area (Å²) in [6.07, 6.45) is 2.75. The van der Waals surface area contributed by atoms with Crippen LogP contribution in [-0.4, -0.2) is 37.5 Å². The number of aromatic amines is 1. The molecule has 1 aromatic carbocycles. The van der Waals surface area contributed by atoms with Gasteiger partial charge in [-0.1, -0.05) is 38.1 Å². The Balaban J connectivity index is 1.44. The van der Waals surface area contributed by atoms with Crippen molar-refractivity contribution in [2.24, 2.45) is 0 Å². The molecule has 0 spiro atoms. The van der Waals surface area contributed by atoms with Gasteiger partial charge in [-0.2, -0.15) is 4.98 Å². The number of nitrogens with one attached hydrogen (secondary N) is 1. The van der Waals surface area contributed by atoms with Crippen molar-refractivity contribution < 1.29 is 9.32 Å². The highest BCUT2D eigenvalue weighted by Crippen LogP contribution is 2.32. The summed E-state index contributed by atoms with van der Waals surface area (Å²) in [7, 11) is 0. The molecule has 0 aliphatic carbocycles. The number of hydrogen-bond donors (Lipinski definition) is 1. The molecule has 0 bridgehead atoms. The van der Waals surface area contributed by atoms with E-state index in [0.717, 1.165) is 36.2 Å². The fourth-order valence-corrected chi connectivity index (χ4v) is 3.50. The molecule has 3 aromatic rings. The van der Waals surface area contributed by atoms with Gasteiger partial charge < -0.3 is 14.4 Å². The first-order chi connectivity index (χ1) is 12.9. The molecule has 27 heavy (non-hydrogen) atoms. The van der Waals surface area contributed by atoms with Gasteiger partial charge in [0.2, 0.25) is 11.8 Å².